The Kier molecular flexibility index (Phi) is 3.57. The lowest BCUT2D eigenvalue weighted by molar-refractivity contribution is -0.131. The monoisotopic (exact) mass is 218 g/mol. The number of rotatable bonds is 3. The molecular formula is C13H18N2O. The Morgan fingerprint density at radius 1 is 1.38 bits per heavy atom. The van der Waals surface area contributed by atoms with E-state index < -0.39 is 0 Å². The number of piperazine rings is 1. The number of hydrogen-bond acceptors (Lipinski definition) is 2. The number of nitrogens with zero attached hydrogens (tertiary/aromatic N) is 1. The average molecular weight is 218 g/mol. The summed E-state index contributed by atoms with van der Waals surface area (Å²) in [7, 11) is 0. The minimum Gasteiger partial charge on any atom is -0.340 e. The van der Waals surface area contributed by atoms with Crippen LogP contribution in [0, 0.1) is 6.92 Å². The molecule has 1 aliphatic rings. The van der Waals surface area contributed by atoms with Crippen molar-refractivity contribution < 1.29 is 4.79 Å². The van der Waals surface area contributed by atoms with Crippen molar-refractivity contribution in [3.8, 4) is 0 Å². The van der Waals surface area contributed by atoms with Gasteiger partial charge in [0, 0.05) is 19.6 Å². The average Bonchev–Trinajstić information content (AvgIpc) is 2.30. The fraction of sp³-hybridized carbons (Fsp3) is 0.462. The van der Waals surface area contributed by atoms with Gasteiger partial charge < -0.3 is 10.2 Å². The highest BCUT2D eigenvalue weighted by molar-refractivity contribution is 5.78. The van der Waals surface area contributed by atoms with Gasteiger partial charge in [-0.15, -0.1) is 0 Å². The van der Waals surface area contributed by atoms with E-state index in [1.165, 1.54) is 11.1 Å². The van der Waals surface area contributed by atoms with Crippen molar-refractivity contribution in [2.75, 3.05) is 26.2 Å². The number of benzene rings is 1. The molecule has 1 aromatic rings. The molecule has 2 rings (SSSR count). The minimum absolute atomic E-state index is 0.222. The smallest absolute Gasteiger partial charge is 0.236 e. The van der Waals surface area contributed by atoms with Crippen LogP contribution in [0.15, 0.2) is 24.3 Å². The molecule has 0 radical (unpaired) electrons. The van der Waals surface area contributed by atoms with Crippen LogP contribution in [0.1, 0.15) is 11.1 Å². The van der Waals surface area contributed by atoms with Crippen molar-refractivity contribution >= 4 is 5.91 Å². The normalized spacial score (nSPS) is 16.6. The van der Waals surface area contributed by atoms with Crippen molar-refractivity contribution in [1.82, 2.24) is 10.2 Å². The third kappa shape index (κ3) is 2.61. The zero-order valence-electron chi connectivity index (χ0n) is 9.70. The second kappa shape index (κ2) is 5.12. The molecular weight excluding hydrogens is 200 g/mol. The first kappa shape index (κ1) is 11.1. The molecule has 1 amide bonds. The van der Waals surface area contributed by atoms with Gasteiger partial charge in [0.15, 0.2) is 0 Å². The Morgan fingerprint density at radius 3 is 2.94 bits per heavy atom. The van der Waals surface area contributed by atoms with Crippen LogP contribution in [0.5, 0.6) is 0 Å². The van der Waals surface area contributed by atoms with Gasteiger partial charge in [-0.25, -0.2) is 0 Å². The molecule has 0 bridgehead atoms. The van der Waals surface area contributed by atoms with Crippen LogP contribution in [0.2, 0.25) is 0 Å². The molecule has 1 saturated heterocycles. The lowest BCUT2D eigenvalue weighted by atomic mass is 10.1. The molecule has 1 aliphatic heterocycles. The Labute approximate surface area is 96.5 Å². The lowest BCUT2D eigenvalue weighted by Crippen LogP contribution is -2.48. The number of carbonyl (C=O) groups is 1. The van der Waals surface area contributed by atoms with Gasteiger partial charge in [0.1, 0.15) is 0 Å². The molecule has 1 heterocycles. The van der Waals surface area contributed by atoms with E-state index in [1.807, 2.05) is 4.90 Å². The summed E-state index contributed by atoms with van der Waals surface area (Å²) in [4.78, 5) is 13.5. The molecule has 0 aliphatic carbocycles. The molecule has 1 N–H and O–H groups in total. The maximum absolute atomic E-state index is 11.6. The zero-order valence-corrected chi connectivity index (χ0v) is 9.70. The highest BCUT2D eigenvalue weighted by atomic mass is 16.2. The van der Waals surface area contributed by atoms with Crippen molar-refractivity contribution in [2.45, 2.75) is 13.3 Å². The zero-order chi connectivity index (χ0) is 11.4. The summed E-state index contributed by atoms with van der Waals surface area (Å²) in [5.41, 5.74) is 2.65. The predicted octanol–water partition coefficient (Wildman–Crippen LogP) is 0.969. The van der Waals surface area contributed by atoms with Crippen LogP contribution in [0.25, 0.3) is 0 Å². The van der Waals surface area contributed by atoms with Crippen LogP contribution < -0.4 is 5.32 Å². The maximum Gasteiger partial charge on any atom is 0.236 e. The quantitative estimate of drug-likeness (QED) is 0.820. The molecule has 0 aromatic heterocycles. The molecule has 1 fully saturated rings. The summed E-state index contributed by atoms with van der Waals surface area (Å²) < 4.78 is 0. The fourth-order valence-corrected chi connectivity index (χ4v) is 2.03. The van der Waals surface area contributed by atoms with E-state index in [0.717, 1.165) is 26.1 Å². The van der Waals surface area contributed by atoms with Crippen LogP contribution in [0.4, 0.5) is 0 Å². The van der Waals surface area contributed by atoms with E-state index in [4.69, 9.17) is 0 Å². The first-order valence-electron chi connectivity index (χ1n) is 5.80. The maximum atomic E-state index is 11.6. The number of amides is 1. The lowest BCUT2D eigenvalue weighted by Gasteiger charge is -2.27. The molecule has 1 aromatic carbocycles. The van der Waals surface area contributed by atoms with Crippen molar-refractivity contribution in [1.29, 1.82) is 0 Å². The Morgan fingerprint density at radius 2 is 2.19 bits per heavy atom. The van der Waals surface area contributed by atoms with Gasteiger partial charge in [-0.1, -0.05) is 24.3 Å². The molecule has 0 spiro atoms. The van der Waals surface area contributed by atoms with Gasteiger partial charge in [-0.05, 0) is 24.5 Å². The van der Waals surface area contributed by atoms with Gasteiger partial charge >= 0.3 is 0 Å². The highest BCUT2D eigenvalue weighted by Crippen LogP contribution is 2.08. The van der Waals surface area contributed by atoms with Crippen LogP contribution in [-0.2, 0) is 11.2 Å². The standard InChI is InChI=1S/C13H18N2O/c1-11-4-2-3-5-12(11)6-8-15-9-7-14-10-13(15)16/h2-5,14H,6-10H2,1H3. The summed E-state index contributed by atoms with van der Waals surface area (Å²) in [6.45, 7) is 5.21. The Hall–Kier alpha value is -1.35. The van der Waals surface area contributed by atoms with Gasteiger partial charge in [-0.3, -0.25) is 4.79 Å². The van der Waals surface area contributed by atoms with Gasteiger partial charge in [0.2, 0.25) is 5.91 Å². The van der Waals surface area contributed by atoms with Crippen LogP contribution in [-0.4, -0.2) is 37.0 Å². The van der Waals surface area contributed by atoms with E-state index >= 15 is 0 Å². The number of hydrogen-bond donors (Lipinski definition) is 1. The fourth-order valence-electron chi connectivity index (χ4n) is 2.03. The van der Waals surface area contributed by atoms with E-state index in [2.05, 4.69) is 36.5 Å². The molecule has 0 atom stereocenters. The van der Waals surface area contributed by atoms with Gasteiger partial charge in [0.25, 0.3) is 0 Å². The number of nitrogens with one attached hydrogen (secondary N) is 1. The summed E-state index contributed by atoms with van der Waals surface area (Å²) in [6, 6.07) is 8.37. The topological polar surface area (TPSA) is 32.3 Å². The molecule has 16 heavy (non-hydrogen) atoms. The van der Waals surface area contributed by atoms with Crippen molar-refractivity contribution in [2.24, 2.45) is 0 Å². The second-order valence-electron chi connectivity index (χ2n) is 4.23. The summed E-state index contributed by atoms with van der Waals surface area (Å²) in [6.07, 6.45) is 0.957. The summed E-state index contributed by atoms with van der Waals surface area (Å²) >= 11 is 0. The van der Waals surface area contributed by atoms with Crippen molar-refractivity contribution in [3.63, 3.8) is 0 Å². The van der Waals surface area contributed by atoms with Gasteiger partial charge in [-0.2, -0.15) is 0 Å². The molecule has 86 valence electrons. The van der Waals surface area contributed by atoms with E-state index in [0.29, 0.717) is 6.54 Å². The Bertz CT molecular complexity index is 376. The molecule has 0 saturated carbocycles. The van der Waals surface area contributed by atoms with Crippen molar-refractivity contribution in [3.05, 3.63) is 35.4 Å². The molecule has 3 heteroatoms. The molecule has 0 unspecified atom stereocenters. The first-order chi connectivity index (χ1) is 7.77. The third-order valence-corrected chi connectivity index (χ3v) is 3.10. The minimum atomic E-state index is 0.222. The van der Waals surface area contributed by atoms with E-state index in [-0.39, 0.29) is 5.91 Å². The first-order valence-corrected chi connectivity index (χ1v) is 5.80. The summed E-state index contributed by atoms with van der Waals surface area (Å²) in [5.74, 6) is 0.222. The SMILES string of the molecule is Cc1ccccc1CCN1CCNCC1=O. The Balaban J connectivity index is 1.92. The molecule has 3 nitrogen and oxygen atoms in total. The largest absolute Gasteiger partial charge is 0.340 e. The number of carbonyl (C=O) groups excluding carboxylic acids is 1. The van der Waals surface area contributed by atoms with Crippen LogP contribution >= 0.6 is 0 Å². The van der Waals surface area contributed by atoms with Gasteiger partial charge in [0.05, 0.1) is 6.54 Å². The van der Waals surface area contributed by atoms with E-state index in [9.17, 15) is 4.79 Å². The van der Waals surface area contributed by atoms with Crippen LogP contribution in [0.3, 0.4) is 0 Å². The third-order valence-electron chi connectivity index (χ3n) is 3.10. The predicted molar refractivity (Wildman–Crippen MR) is 64.3 cm³/mol. The highest BCUT2D eigenvalue weighted by Gasteiger charge is 2.16. The number of aryl methyl sites for hydroxylation is 1. The second-order valence-corrected chi connectivity index (χ2v) is 4.23. The summed E-state index contributed by atoms with van der Waals surface area (Å²) in [5, 5.41) is 3.08. The van der Waals surface area contributed by atoms with E-state index in [1.54, 1.807) is 0 Å².